The van der Waals surface area contributed by atoms with Gasteiger partial charge in [-0.2, -0.15) is 4.31 Å². The number of nitrogens with zero attached hydrogens (tertiary/aromatic N) is 1. The summed E-state index contributed by atoms with van der Waals surface area (Å²) in [7, 11) is -3.23. The maximum Gasteiger partial charge on any atom is 0.238 e. The van der Waals surface area contributed by atoms with Gasteiger partial charge in [-0.3, -0.25) is 4.79 Å². The first-order valence-electron chi connectivity index (χ1n) is 8.34. The summed E-state index contributed by atoms with van der Waals surface area (Å²) >= 11 is 0. The van der Waals surface area contributed by atoms with Crippen molar-refractivity contribution in [2.75, 3.05) is 32.5 Å². The third kappa shape index (κ3) is 4.77. The molecule has 1 aromatic carbocycles. The van der Waals surface area contributed by atoms with E-state index in [-0.39, 0.29) is 30.6 Å². The highest BCUT2D eigenvalue weighted by atomic mass is 32.2. The van der Waals surface area contributed by atoms with E-state index in [2.05, 4.69) is 16.2 Å². The predicted octanol–water partition coefficient (Wildman–Crippen LogP) is -0.629. The number of benzene rings is 1. The fourth-order valence-electron chi connectivity index (χ4n) is 3.09. The summed E-state index contributed by atoms with van der Waals surface area (Å²) in [6, 6.07) is 9.70. The van der Waals surface area contributed by atoms with E-state index in [9.17, 15) is 13.2 Å². The van der Waals surface area contributed by atoms with Crippen LogP contribution in [0.3, 0.4) is 0 Å². The topological polar surface area (TPSA) is 99.8 Å². The first-order valence-corrected chi connectivity index (χ1v) is 10.2. The Kier molecular flexibility index (Phi) is 5.70. The Morgan fingerprint density at radius 1 is 1.32 bits per heavy atom. The number of hydrogen-bond donors (Lipinski definition) is 3. The lowest BCUT2D eigenvalue weighted by molar-refractivity contribution is -0.123. The van der Waals surface area contributed by atoms with Gasteiger partial charge in [0.25, 0.3) is 0 Å². The SMILES string of the molecule is CS(=O)(=O)N1CCOC(CNC(=O)C2CC(c3ccccc3)NN2)C1. The maximum absolute atomic E-state index is 12.3. The molecule has 2 saturated heterocycles. The molecule has 0 bridgehead atoms. The minimum atomic E-state index is -3.23. The second kappa shape index (κ2) is 7.79. The molecule has 2 heterocycles. The van der Waals surface area contributed by atoms with Crippen LogP contribution in [0.15, 0.2) is 30.3 Å². The van der Waals surface area contributed by atoms with E-state index in [4.69, 9.17) is 4.74 Å². The monoisotopic (exact) mass is 368 g/mol. The van der Waals surface area contributed by atoms with Gasteiger partial charge in [-0.1, -0.05) is 30.3 Å². The van der Waals surface area contributed by atoms with E-state index in [1.54, 1.807) is 0 Å². The van der Waals surface area contributed by atoms with Gasteiger partial charge in [0.05, 0.1) is 19.0 Å². The molecule has 25 heavy (non-hydrogen) atoms. The van der Waals surface area contributed by atoms with Crippen LogP contribution in [-0.4, -0.2) is 63.3 Å². The number of rotatable bonds is 5. The van der Waals surface area contributed by atoms with Gasteiger partial charge in [-0.05, 0) is 12.0 Å². The number of ether oxygens (including phenoxy) is 1. The Labute approximate surface area is 147 Å². The highest BCUT2D eigenvalue weighted by Crippen LogP contribution is 2.21. The van der Waals surface area contributed by atoms with Crippen molar-refractivity contribution in [1.29, 1.82) is 0 Å². The predicted molar refractivity (Wildman–Crippen MR) is 93.0 cm³/mol. The quantitative estimate of drug-likeness (QED) is 0.640. The molecule has 0 radical (unpaired) electrons. The molecule has 0 aliphatic carbocycles. The lowest BCUT2D eigenvalue weighted by Gasteiger charge is -2.31. The molecule has 2 aliphatic heterocycles. The fraction of sp³-hybridized carbons (Fsp3) is 0.562. The van der Waals surface area contributed by atoms with E-state index >= 15 is 0 Å². The van der Waals surface area contributed by atoms with Crippen molar-refractivity contribution in [1.82, 2.24) is 20.5 Å². The molecule has 3 N–H and O–H groups in total. The Morgan fingerprint density at radius 3 is 2.80 bits per heavy atom. The smallest absolute Gasteiger partial charge is 0.238 e. The van der Waals surface area contributed by atoms with Crippen LogP contribution in [0.25, 0.3) is 0 Å². The molecular weight excluding hydrogens is 344 g/mol. The summed E-state index contributed by atoms with van der Waals surface area (Å²) in [4.78, 5) is 12.3. The van der Waals surface area contributed by atoms with Crippen molar-refractivity contribution >= 4 is 15.9 Å². The highest BCUT2D eigenvalue weighted by Gasteiger charge is 2.31. The third-order valence-electron chi connectivity index (χ3n) is 4.50. The van der Waals surface area contributed by atoms with Crippen LogP contribution >= 0.6 is 0 Å². The lowest BCUT2D eigenvalue weighted by Crippen LogP contribution is -2.51. The number of morpholine rings is 1. The molecule has 3 unspecified atom stereocenters. The second-order valence-electron chi connectivity index (χ2n) is 6.40. The summed E-state index contributed by atoms with van der Waals surface area (Å²) in [5.74, 6) is -0.119. The van der Waals surface area contributed by atoms with Crippen LogP contribution in [0.1, 0.15) is 18.0 Å². The average molecular weight is 368 g/mol. The molecule has 9 heteroatoms. The zero-order chi connectivity index (χ0) is 17.9. The Hall–Kier alpha value is -1.52. The summed E-state index contributed by atoms with van der Waals surface area (Å²) < 4.78 is 30.2. The van der Waals surface area contributed by atoms with Gasteiger partial charge >= 0.3 is 0 Å². The minimum Gasteiger partial charge on any atom is -0.374 e. The van der Waals surface area contributed by atoms with Gasteiger partial charge < -0.3 is 10.1 Å². The average Bonchev–Trinajstić information content (AvgIpc) is 3.10. The molecule has 0 saturated carbocycles. The van der Waals surface area contributed by atoms with E-state index in [1.165, 1.54) is 10.6 Å². The summed E-state index contributed by atoms with van der Waals surface area (Å²) in [6.45, 7) is 1.25. The third-order valence-corrected chi connectivity index (χ3v) is 5.77. The lowest BCUT2D eigenvalue weighted by atomic mass is 10.0. The molecule has 2 fully saturated rings. The molecule has 138 valence electrons. The van der Waals surface area contributed by atoms with Gasteiger partial charge in [0.2, 0.25) is 15.9 Å². The summed E-state index contributed by atoms with van der Waals surface area (Å²) in [6.07, 6.45) is 1.51. The minimum absolute atomic E-state index is 0.0867. The zero-order valence-electron chi connectivity index (χ0n) is 14.1. The van der Waals surface area contributed by atoms with Crippen molar-refractivity contribution in [3.05, 3.63) is 35.9 Å². The van der Waals surface area contributed by atoms with Crippen molar-refractivity contribution < 1.29 is 17.9 Å². The van der Waals surface area contributed by atoms with Gasteiger partial charge in [0.1, 0.15) is 6.04 Å². The number of sulfonamides is 1. The van der Waals surface area contributed by atoms with Crippen LogP contribution in [0.2, 0.25) is 0 Å². The maximum atomic E-state index is 12.3. The molecular formula is C16H24N4O4S. The zero-order valence-corrected chi connectivity index (χ0v) is 15.0. The summed E-state index contributed by atoms with van der Waals surface area (Å²) in [5.41, 5.74) is 7.29. The van der Waals surface area contributed by atoms with Gasteiger partial charge in [-0.15, -0.1) is 0 Å². The molecule has 0 spiro atoms. The van der Waals surface area contributed by atoms with Crippen LogP contribution in [0, 0.1) is 0 Å². The van der Waals surface area contributed by atoms with Gasteiger partial charge in [0.15, 0.2) is 0 Å². The van der Waals surface area contributed by atoms with Crippen molar-refractivity contribution in [2.24, 2.45) is 0 Å². The Balaban J connectivity index is 1.47. The van der Waals surface area contributed by atoms with Crippen molar-refractivity contribution in [3.63, 3.8) is 0 Å². The number of hydrogen-bond acceptors (Lipinski definition) is 6. The Bertz CT molecular complexity index is 697. The van der Waals surface area contributed by atoms with E-state index in [0.29, 0.717) is 26.1 Å². The van der Waals surface area contributed by atoms with E-state index in [1.807, 2.05) is 30.3 Å². The molecule has 1 amide bonds. The molecule has 3 atom stereocenters. The number of carbonyl (C=O) groups excluding carboxylic acids is 1. The fourth-order valence-corrected chi connectivity index (χ4v) is 3.93. The summed E-state index contributed by atoms with van der Waals surface area (Å²) in [5, 5.41) is 2.85. The molecule has 8 nitrogen and oxygen atoms in total. The number of nitrogens with one attached hydrogen (secondary N) is 3. The highest BCUT2D eigenvalue weighted by molar-refractivity contribution is 7.88. The number of carbonyl (C=O) groups is 1. The van der Waals surface area contributed by atoms with Gasteiger partial charge in [0, 0.05) is 25.7 Å². The first-order chi connectivity index (χ1) is 11.9. The standard InChI is InChI=1S/C16H24N4O4S/c1-25(22,23)20-7-8-24-13(11-20)10-17-16(21)15-9-14(18-19-15)12-5-3-2-4-6-12/h2-6,13-15,18-19H,7-11H2,1H3,(H,17,21). The van der Waals surface area contributed by atoms with Gasteiger partial charge in [-0.25, -0.2) is 19.3 Å². The normalized spacial score (nSPS) is 28.0. The second-order valence-corrected chi connectivity index (χ2v) is 8.38. The Morgan fingerprint density at radius 2 is 2.08 bits per heavy atom. The van der Waals surface area contributed by atoms with Crippen LogP contribution in [0.5, 0.6) is 0 Å². The molecule has 1 aromatic rings. The van der Waals surface area contributed by atoms with Crippen LogP contribution < -0.4 is 16.2 Å². The molecule has 2 aliphatic rings. The number of amides is 1. The van der Waals surface area contributed by atoms with Crippen molar-refractivity contribution in [3.8, 4) is 0 Å². The van der Waals surface area contributed by atoms with E-state index in [0.717, 1.165) is 5.56 Å². The largest absolute Gasteiger partial charge is 0.374 e. The number of hydrazine groups is 1. The first kappa shape index (κ1) is 18.3. The van der Waals surface area contributed by atoms with Crippen LogP contribution in [-0.2, 0) is 19.6 Å². The van der Waals surface area contributed by atoms with Crippen LogP contribution in [0.4, 0.5) is 0 Å². The van der Waals surface area contributed by atoms with E-state index < -0.39 is 10.0 Å². The van der Waals surface area contributed by atoms with Crippen molar-refractivity contribution in [2.45, 2.75) is 24.6 Å². The molecule has 0 aromatic heterocycles. The molecule has 3 rings (SSSR count).